The number of amides is 1. The smallest absolute Gasteiger partial charge is 0.245 e. The molecule has 2 aromatic rings. The number of hydrogen-bond donors (Lipinski definition) is 1. The molecule has 1 amide bonds. The van der Waals surface area contributed by atoms with Crippen molar-refractivity contribution in [1.29, 1.82) is 0 Å². The predicted octanol–water partition coefficient (Wildman–Crippen LogP) is 2.37. The van der Waals surface area contributed by atoms with Crippen molar-refractivity contribution in [3.8, 4) is 0 Å². The Morgan fingerprint density at radius 1 is 1.50 bits per heavy atom. The molecular weight excluding hydrogens is 254 g/mol. The molecule has 0 spiro atoms. The molecule has 0 radical (unpaired) electrons. The van der Waals surface area contributed by atoms with Crippen LogP contribution in [0.4, 0.5) is 11.5 Å². The van der Waals surface area contributed by atoms with Gasteiger partial charge in [0.2, 0.25) is 5.91 Å². The van der Waals surface area contributed by atoms with Crippen LogP contribution >= 0.6 is 0 Å². The Morgan fingerprint density at radius 3 is 3.05 bits per heavy atom. The number of para-hydroxylation sites is 1. The minimum absolute atomic E-state index is 0.0816. The summed E-state index contributed by atoms with van der Waals surface area (Å²) in [7, 11) is 0. The van der Waals surface area contributed by atoms with Crippen LogP contribution < -0.4 is 10.2 Å². The highest BCUT2D eigenvalue weighted by Gasteiger charge is 2.27. The second kappa shape index (κ2) is 5.00. The van der Waals surface area contributed by atoms with Crippen LogP contribution in [0.1, 0.15) is 18.2 Å². The van der Waals surface area contributed by atoms with Crippen LogP contribution in [0.2, 0.25) is 0 Å². The number of nitrogens with zero attached hydrogens (tertiary/aromatic N) is 2. The fraction of sp³-hybridized carbons (Fsp3) is 0.333. The Balaban J connectivity index is 1.70. The van der Waals surface area contributed by atoms with E-state index in [1.54, 1.807) is 13.0 Å². The standard InChI is InChI=1S/C15H17N3O2/c1-10-7-12-5-3-4-6-13(12)18(10)9-15(19)16-14-8-11(2)20-17-14/h3-6,8,10H,7,9H2,1-2H3,(H,16,17,19)/t10-/m0/s1. The van der Waals surface area contributed by atoms with E-state index in [0.717, 1.165) is 12.1 Å². The molecule has 1 atom stereocenters. The Bertz CT molecular complexity index is 636. The van der Waals surface area contributed by atoms with Crippen LogP contribution in [0.5, 0.6) is 0 Å². The van der Waals surface area contributed by atoms with Gasteiger partial charge in [-0.05, 0) is 31.9 Å². The van der Waals surface area contributed by atoms with E-state index in [-0.39, 0.29) is 5.91 Å². The van der Waals surface area contributed by atoms with Crippen LogP contribution in [-0.4, -0.2) is 23.7 Å². The molecule has 0 saturated heterocycles. The maximum atomic E-state index is 12.1. The molecule has 20 heavy (non-hydrogen) atoms. The van der Waals surface area contributed by atoms with E-state index in [1.807, 2.05) is 12.1 Å². The molecule has 0 bridgehead atoms. The maximum Gasteiger partial charge on any atom is 0.245 e. The Labute approximate surface area is 117 Å². The number of hydrogen-bond acceptors (Lipinski definition) is 4. The van der Waals surface area contributed by atoms with Gasteiger partial charge >= 0.3 is 0 Å². The minimum atomic E-state index is -0.0816. The normalized spacial score (nSPS) is 17.1. The highest BCUT2D eigenvalue weighted by atomic mass is 16.5. The molecule has 104 valence electrons. The quantitative estimate of drug-likeness (QED) is 0.931. The first-order valence-corrected chi connectivity index (χ1v) is 6.71. The number of aromatic nitrogens is 1. The molecule has 2 heterocycles. The van der Waals surface area contributed by atoms with Crippen LogP contribution in [0.15, 0.2) is 34.9 Å². The van der Waals surface area contributed by atoms with Gasteiger partial charge < -0.3 is 14.7 Å². The lowest BCUT2D eigenvalue weighted by Crippen LogP contribution is -2.37. The number of carbonyl (C=O) groups is 1. The van der Waals surface area contributed by atoms with Crippen molar-refractivity contribution in [3.05, 3.63) is 41.7 Å². The maximum absolute atomic E-state index is 12.1. The number of aryl methyl sites for hydroxylation is 1. The fourth-order valence-electron chi connectivity index (χ4n) is 2.63. The SMILES string of the molecule is Cc1cc(NC(=O)CN2c3ccccc3C[C@@H]2C)no1. The number of benzene rings is 1. The first-order chi connectivity index (χ1) is 9.63. The second-order valence-corrected chi connectivity index (χ2v) is 5.18. The number of rotatable bonds is 3. The largest absolute Gasteiger partial charge is 0.360 e. The molecule has 1 aliphatic rings. The van der Waals surface area contributed by atoms with E-state index in [1.165, 1.54) is 5.56 Å². The summed E-state index contributed by atoms with van der Waals surface area (Å²) in [6, 6.07) is 10.3. The third-order valence-corrected chi connectivity index (χ3v) is 3.56. The van der Waals surface area contributed by atoms with E-state index in [9.17, 15) is 4.79 Å². The molecule has 1 N–H and O–H groups in total. The highest BCUT2D eigenvalue weighted by Crippen LogP contribution is 2.31. The van der Waals surface area contributed by atoms with Crippen LogP contribution in [-0.2, 0) is 11.2 Å². The average Bonchev–Trinajstić information content (AvgIpc) is 2.94. The van der Waals surface area contributed by atoms with Gasteiger partial charge in [-0.15, -0.1) is 0 Å². The van der Waals surface area contributed by atoms with Crippen molar-refractivity contribution < 1.29 is 9.32 Å². The lowest BCUT2D eigenvalue weighted by Gasteiger charge is -2.23. The summed E-state index contributed by atoms with van der Waals surface area (Å²) in [5.41, 5.74) is 2.44. The molecule has 3 rings (SSSR count). The van der Waals surface area contributed by atoms with E-state index in [2.05, 4.69) is 34.4 Å². The van der Waals surface area contributed by atoms with Crippen LogP contribution in [0.3, 0.4) is 0 Å². The van der Waals surface area contributed by atoms with Crippen molar-refractivity contribution in [2.75, 3.05) is 16.8 Å². The molecule has 0 saturated carbocycles. The molecule has 0 fully saturated rings. The summed E-state index contributed by atoms with van der Waals surface area (Å²) in [6.45, 7) is 4.25. The number of fused-ring (bicyclic) bond motifs is 1. The summed E-state index contributed by atoms with van der Waals surface area (Å²) in [5.74, 6) is 1.06. The van der Waals surface area contributed by atoms with Crippen molar-refractivity contribution in [2.45, 2.75) is 26.3 Å². The van der Waals surface area contributed by atoms with E-state index < -0.39 is 0 Å². The Hall–Kier alpha value is -2.30. The van der Waals surface area contributed by atoms with Crippen molar-refractivity contribution >= 4 is 17.4 Å². The third-order valence-electron chi connectivity index (χ3n) is 3.56. The van der Waals surface area contributed by atoms with E-state index >= 15 is 0 Å². The van der Waals surface area contributed by atoms with Crippen LogP contribution in [0, 0.1) is 6.92 Å². The fourth-order valence-corrected chi connectivity index (χ4v) is 2.63. The van der Waals surface area contributed by atoms with Gasteiger partial charge in [0.05, 0.1) is 6.54 Å². The van der Waals surface area contributed by atoms with Crippen molar-refractivity contribution in [2.24, 2.45) is 0 Å². The van der Waals surface area contributed by atoms with Gasteiger partial charge in [0.25, 0.3) is 0 Å². The average molecular weight is 271 g/mol. The number of anilines is 2. The minimum Gasteiger partial charge on any atom is -0.360 e. The predicted molar refractivity (Wildman–Crippen MR) is 76.8 cm³/mol. The molecule has 0 unspecified atom stereocenters. The van der Waals surface area contributed by atoms with Gasteiger partial charge in [0.15, 0.2) is 5.82 Å². The third kappa shape index (κ3) is 2.39. The molecular formula is C15H17N3O2. The zero-order valence-electron chi connectivity index (χ0n) is 11.6. The lowest BCUT2D eigenvalue weighted by molar-refractivity contribution is -0.115. The highest BCUT2D eigenvalue weighted by molar-refractivity contribution is 5.93. The van der Waals surface area contributed by atoms with Gasteiger partial charge in [-0.1, -0.05) is 23.4 Å². The monoisotopic (exact) mass is 271 g/mol. The van der Waals surface area contributed by atoms with Gasteiger partial charge in [0, 0.05) is 17.8 Å². The first kappa shape index (κ1) is 12.7. The van der Waals surface area contributed by atoms with Gasteiger partial charge in [0.1, 0.15) is 5.76 Å². The molecule has 1 aromatic heterocycles. The summed E-state index contributed by atoms with van der Waals surface area (Å²) < 4.78 is 4.93. The number of carbonyl (C=O) groups excluding carboxylic acids is 1. The zero-order valence-corrected chi connectivity index (χ0v) is 11.6. The summed E-state index contributed by atoms with van der Waals surface area (Å²) >= 11 is 0. The van der Waals surface area contributed by atoms with Crippen LogP contribution in [0.25, 0.3) is 0 Å². The van der Waals surface area contributed by atoms with Crippen molar-refractivity contribution in [1.82, 2.24) is 5.16 Å². The topological polar surface area (TPSA) is 58.4 Å². The number of nitrogens with one attached hydrogen (secondary N) is 1. The second-order valence-electron chi connectivity index (χ2n) is 5.18. The zero-order chi connectivity index (χ0) is 14.1. The Kier molecular flexibility index (Phi) is 3.18. The molecule has 0 aliphatic carbocycles. The Morgan fingerprint density at radius 2 is 2.30 bits per heavy atom. The lowest BCUT2D eigenvalue weighted by atomic mass is 10.1. The summed E-state index contributed by atoms with van der Waals surface area (Å²) in [6.07, 6.45) is 0.979. The van der Waals surface area contributed by atoms with Crippen molar-refractivity contribution in [3.63, 3.8) is 0 Å². The molecule has 1 aromatic carbocycles. The molecule has 5 nitrogen and oxygen atoms in total. The van der Waals surface area contributed by atoms with Gasteiger partial charge in [-0.3, -0.25) is 4.79 Å². The molecule has 1 aliphatic heterocycles. The first-order valence-electron chi connectivity index (χ1n) is 6.71. The van der Waals surface area contributed by atoms with E-state index in [0.29, 0.717) is 24.2 Å². The van der Waals surface area contributed by atoms with Gasteiger partial charge in [-0.2, -0.15) is 0 Å². The van der Waals surface area contributed by atoms with Gasteiger partial charge in [-0.25, -0.2) is 0 Å². The summed E-state index contributed by atoms with van der Waals surface area (Å²) in [4.78, 5) is 14.2. The summed E-state index contributed by atoms with van der Waals surface area (Å²) in [5, 5.41) is 6.52. The molecule has 5 heteroatoms. The van der Waals surface area contributed by atoms with E-state index in [4.69, 9.17) is 4.52 Å².